The Hall–Kier alpha value is -4.10. The number of amides is 1. The van der Waals surface area contributed by atoms with Gasteiger partial charge in [-0.25, -0.2) is 0 Å². The van der Waals surface area contributed by atoms with Crippen molar-refractivity contribution in [2.24, 2.45) is 0 Å². The van der Waals surface area contributed by atoms with E-state index in [0.717, 1.165) is 11.1 Å². The van der Waals surface area contributed by atoms with Gasteiger partial charge in [0.2, 0.25) is 0 Å². The molecule has 0 fully saturated rings. The summed E-state index contributed by atoms with van der Waals surface area (Å²) >= 11 is 5.99. The van der Waals surface area contributed by atoms with E-state index >= 15 is 0 Å². The molecule has 3 aromatic carbocycles. The number of nitrogens with zero attached hydrogens (tertiary/aromatic N) is 2. The highest BCUT2D eigenvalue weighted by Gasteiger charge is 2.24. The van der Waals surface area contributed by atoms with Gasteiger partial charge in [0.1, 0.15) is 11.1 Å². The number of para-hydroxylation sites is 1. The number of nitrogens with one attached hydrogen (secondary N) is 1. The lowest BCUT2D eigenvalue weighted by Gasteiger charge is -2.05. The Kier molecular flexibility index (Phi) is 5.32. The zero-order valence-electron chi connectivity index (χ0n) is 17.5. The van der Waals surface area contributed by atoms with Crippen LogP contribution in [0, 0.1) is 0 Å². The fraction of sp³-hybridized carbons (Fsp3) is 0.0800. The highest BCUT2D eigenvalue weighted by molar-refractivity contribution is 6.48. The van der Waals surface area contributed by atoms with Crippen LogP contribution in [0.25, 0.3) is 21.9 Å². The maximum atomic E-state index is 13.2. The van der Waals surface area contributed by atoms with E-state index in [0.29, 0.717) is 39.2 Å². The molecule has 164 valence electrons. The third kappa shape index (κ3) is 3.83. The highest BCUT2D eigenvalue weighted by Crippen LogP contribution is 2.32. The third-order valence-corrected chi connectivity index (χ3v) is 5.67. The second kappa shape index (κ2) is 8.44. The molecule has 0 bridgehead atoms. The van der Waals surface area contributed by atoms with Crippen molar-refractivity contribution in [1.82, 2.24) is 9.72 Å². The van der Waals surface area contributed by atoms with Gasteiger partial charge in [-0.1, -0.05) is 53.2 Å². The summed E-state index contributed by atoms with van der Waals surface area (Å²) in [7, 11) is 1.51. The normalized spacial score (nSPS) is 11.1. The molecule has 2 aromatic heterocycles. The number of fused-ring (bicyclic) bond motifs is 2. The molecule has 7 nitrogen and oxygen atoms in total. The molecule has 33 heavy (non-hydrogen) atoms. The summed E-state index contributed by atoms with van der Waals surface area (Å²) in [6.07, 6.45) is 1.70. The number of hydrogen-bond donors (Lipinski definition) is 1. The van der Waals surface area contributed by atoms with Crippen LogP contribution in [0.15, 0.2) is 77.4 Å². The molecule has 0 atom stereocenters. The molecule has 8 heteroatoms. The molecule has 0 radical (unpaired) electrons. The molecule has 0 aliphatic carbocycles. The summed E-state index contributed by atoms with van der Waals surface area (Å²) < 4.78 is 12.5. The zero-order valence-corrected chi connectivity index (χ0v) is 18.3. The van der Waals surface area contributed by atoms with Crippen molar-refractivity contribution in [1.29, 1.82) is 0 Å². The fourth-order valence-electron chi connectivity index (χ4n) is 3.85. The van der Waals surface area contributed by atoms with Crippen molar-refractivity contribution < 1.29 is 18.8 Å². The number of methoxy groups -OCH3 is 1. The molecular formula is C25H18ClN3O4. The standard InChI is InChI=1S/C25H18ClN3O4/c1-32-20-7-4-8-21-22(20)24(28-33-21)27-25(31)23(30)18-14-29(19-6-3-2-5-17(18)19)13-15-9-11-16(26)12-10-15/h2-12,14H,13H2,1H3,(H,27,28,31). The van der Waals surface area contributed by atoms with Crippen LogP contribution < -0.4 is 10.1 Å². The van der Waals surface area contributed by atoms with E-state index in [4.69, 9.17) is 20.9 Å². The largest absolute Gasteiger partial charge is 0.496 e. The van der Waals surface area contributed by atoms with E-state index < -0.39 is 11.7 Å². The van der Waals surface area contributed by atoms with Crippen LogP contribution >= 0.6 is 11.6 Å². The van der Waals surface area contributed by atoms with Crippen LogP contribution in [0.4, 0.5) is 5.82 Å². The quantitative estimate of drug-likeness (QED) is 0.274. The van der Waals surface area contributed by atoms with Gasteiger partial charge in [0, 0.05) is 28.7 Å². The average molecular weight is 460 g/mol. The molecule has 1 N–H and O–H groups in total. The maximum absolute atomic E-state index is 13.2. The van der Waals surface area contributed by atoms with Gasteiger partial charge in [-0.05, 0) is 35.9 Å². The van der Waals surface area contributed by atoms with Gasteiger partial charge in [-0.2, -0.15) is 0 Å². The van der Waals surface area contributed by atoms with Crippen LogP contribution in [-0.2, 0) is 11.3 Å². The number of aromatic nitrogens is 2. The van der Waals surface area contributed by atoms with Crippen LogP contribution in [0.5, 0.6) is 5.75 Å². The minimum absolute atomic E-state index is 0.130. The van der Waals surface area contributed by atoms with Crippen molar-refractivity contribution in [3.05, 3.63) is 89.1 Å². The zero-order chi connectivity index (χ0) is 22.9. The van der Waals surface area contributed by atoms with E-state index in [1.165, 1.54) is 7.11 Å². The topological polar surface area (TPSA) is 86.4 Å². The summed E-state index contributed by atoms with van der Waals surface area (Å²) in [4.78, 5) is 26.0. The van der Waals surface area contributed by atoms with E-state index in [1.807, 2.05) is 53.1 Å². The summed E-state index contributed by atoms with van der Waals surface area (Å²) in [5.41, 5.74) is 2.61. The molecular weight excluding hydrogens is 442 g/mol. The smallest absolute Gasteiger partial charge is 0.298 e. The molecule has 0 saturated carbocycles. The van der Waals surface area contributed by atoms with E-state index in [-0.39, 0.29) is 5.82 Å². The molecule has 5 rings (SSSR count). The Labute approximate surface area is 193 Å². The van der Waals surface area contributed by atoms with Crippen LogP contribution in [0.1, 0.15) is 15.9 Å². The highest BCUT2D eigenvalue weighted by atomic mass is 35.5. The lowest BCUT2D eigenvalue weighted by atomic mass is 10.1. The number of ketones is 1. The van der Waals surface area contributed by atoms with Crippen molar-refractivity contribution in [3.63, 3.8) is 0 Å². The summed E-state index contributed by atoms with van der Waals surface area (Å²) in [5, 5.41) is 8.30. The van der Waals surface area contributed by atoms with Gasteiger partial charge in [0.05, 0.1) is 12.7 Å². The molecule has 2 heterocycles. The van der Waals surface area contributed by atoms with Crippen LogP contribution in [-0.4, -0.2) is 28.5 Å². The predicted molar refractivity (Wildman–Crippen MR) is 126 cm³/mol. The van der Waals surface area contributed by atoms with Crippen LogP contribution in [0.2, 0.25) is 5.02 Å². The van der Waals surface area contributed by atoms with Gasteiger partial charge in [-0.3, -0.25) is 9.59 Å². The van der Waals surface area contributed by atoms with Gasteiger partial charge in [0.15, 0.2) is 11.4 Å². The Morgan fingerprint density at radius 1 is 1.06 bits per heavy atom. The van der Waals surface area contributed by atoms with Gasteiger partial charge in [-0.15, -0.1) is 0 Å². The first-order valence-electron chi connectivity index (χ1n) is 10.2. The first kappa shape index (κ1) is 20.8. The number of Topliss-reactive ketones (excluding diaryl/α,β-unsaturated/α-hetero) is 1. The molecule has 5 aromatic rings. The minimum Gasteiger partial charge on any atom is -0.496 e. The maximum Gasteiger partial charge on any atom is 0.298 e. The number of carbonyl (C=O) groups excluding carboxylic acids is 2. The van der Waals surface area contributed by atoms with E-state index in [9.17, 15) is 9.59 Å². The van der Waals surface area contributed by atoms with E-state index in [2.05, 4.69) is 10.5 Å². The Morgan fingerprint density at radius 3 is 2.64 bits per heavy atom. The number of anilines is 1. The molecule has 0 aliphatic rings. The first-order valence-corrected chi connectivity index (χ1v) is 10.5. The Balaban J connectivity index is 1.47. The number of benzene rings is 3. The van der Waals surface area contributed by atoms with Crippen molar-refractivity contribution >= 4 is 51.0 Å². The molecule has 0 saturated heterocycles. The Morgan fingerprint density at radius 2 is 1.85 bits per heavy atom. The molecule has 0 unspecified atom stereocenters. The number of rotatable bonds is 6. The number of ether oxygens (including phenoxy) is 1. The lowest BCUT2D eigenvalue weighted by Crippen LogP contribution is -2.23. The SMILES string of the molecule is COc1cccc2onc(NC(=O)C(=O)c3cn(Cc4ccc(Cl)cc4)c4ccccc34)c12. The fourth-order valence-corrected chi connectivity index (χ4v) is 3.97. The molecule has 1 amide bonds. The summed E-state index contributed by atoms with van der Waals surface area (Å²) in [6.45, 7) is 0.525. The van der Waals surface area contributed by atoms with Gasteiger partial charge in [0.25, 0.3) is 11.7 Å². The van der Waals surface area contributed by atoms with Gasteiger partial charge < -0.3 is 19.1 Å². The monoisotopic (exact) mass is 459 g/mol. The predicted octanol–water partition coefficient (Wildman–Crippen LogP) is 5.31. The second-order valence-electron chi connectivity index (χ2n) is 7.46. The molecule has 0 aliphatic heterocycles. The number of hydrogen-bond acceptors (Lipinski definition) is 5. The molecule has 0 spiro atoms. The second-order valence-corrected chi connectivity index (χ2v) is 7.90. The summed E-state index contributed by atoms with van der Waals surface area (Å²) in [6, 6.07) is 20.1. The third-order valence-electron chi connectivity index (χ3n) is 5.42. The van der Waals surface area contributed by atoms with E-state index in [1.54, 1.807) is 24.4 Å². The van der Waals surface area contributed by atoms with Gasteiger partial charge >= 0.3 is 0 Å². The average Bonchev–Trinajstić information content (AvgIpc) is 3.42. The summed E-state index contributed by atoms with van der Waals surface area (Å²) in [5.74, 6) is -0.876. The number of halogens is 1. The Bertz CT molecular complexity index is 1500. The van der Waals surface area contributed by atoms with Crippen molar-refractivity contribution in [3.8, 4) is 5.75 Å². The number of carbonyl (C=O) groups is 2. The minimum atomic E-state index is -0.814. The van der Waals surface area contributed by atoms with Crippen molar-refractivity contribution in [2.45, 2.75) is 6.54 Å². The van der Waals surface area contributed by atoms with Crippen LogP contribution in [0.3, 0.4) is 0 Å². The first-order chi connectivity index (χ1) is 16.0. The lowest BCUT2D eigenvalue weighted by molar-refractivity contribution is -0.112. The van der Waals surface area contributed by atoms with Crippen molar-refractivity contribution in [2.75, 3.05) is 12.4 Å².